The van der Waals surface area contributed by atoms with E-state index in [1.807, 2.05) is 0 Å². The molecule has 0 radical (unpaired) electrons. The lowest BCUT2D eigenvalue weighted by Crippen LogP contribution is -2.22. The smallest absolute Gasteiger partial charge is 0.278 e. The lowest BCUT2D eigenvalue weighted by molar-refractivity contribution is -0.386. The molecule has 104 valence electrons. The van der Waals surface area contributed by atoms with Gasteiger partial charge in [0, 0.05) is 18.2 Å². The zero-order valence-corrected chi connectivity index (χ0v) is 11.4. The van der Waals surface area contributed by atoms with Crippen LogP contribution in [0.15, 0.2) is 18.2 Å². The monoisotopic (exact) mass is 285 g/mol. The number of benzene rings is 1. The summed E-state index contributed by atoms with van der Waals surface area (Å²) in [4.78, 5) is 21.2. The number of thioether (sulfide) groups is 1. The van der Waals surface area contributed by atoms with Gasteiger partial charge in [0.2, 0.25) is 0 Å². The molecule has 1 aromatic rings. The molecule has 0 amide bonds. The van der Waals surface area contributed by atoms with Crippen LogP contribution in [0.4, 0.5) is 5.69 Å². The van der Waals surface area contributed by atoms with E-state index in [0.29, 0.717) is 5.56 Å². The molecule has 2 unspecified atom stereocenters. The van der Waals surface area contributed by atoms with E-state index in [4.69, 9.17) is 0 Å². The third-order valence-electron chi connectivity index (χ3n) is 2.59. The highest BCUT2D eigenvalue weighted by molar-refractivity contribution is 8.13. The molecule has 0 saturated heterocycles. The van der Waals surface area contributed by atoms with E-state index in [1.165, 1.54) is 13.0 Å². The summed E-state index contributed by atoms with van der Waals surface area (Å²) in [5, 5.41) is 30.5. The lowest BCUT2D eigenvalue weighted by atomic mass is 10.0. The van der Waals surface area contributed by atoms with Crippen molar-refractivity contribution in [3.8, 4) is 0 Å². The maximum Gasteiger partial charge on any atom is 0.278 e. The summed E-state index contributed by atoms with van der Waals surface area (Å²) in [5.41, 5.74) is 0.261. The predicted molar refractivity (Wildman–Crippen MR) is 71.9 cm³/mol. The number of hydrogen-bond acceptors (Lipinski definition) is 6. The standard InChI is InChI=1S/C12H15NO5S/c1-7-4-3-5-9(11(7)13(17)18)12(16)10(15)6-19-8(2)14/h3-5,10,12,15-16H,6H2,1-2H3. The molecule has 6 nitrogen and oxygen atoms in total. The van der Waals surface area contributed by atoms with Crippen LogP contribution in [-0.4, -0.2) is 32.1 Å². The first kappa shape index (κ1) is 15.6. The van der Waals surface area contributed by atoms with E-state index in [9.17, 15) is 25.1 Å². The summed E-state index contributed by atoms with van der Waals surface area (Å²) >= 11 is 0.862. The number of aliphatic hydroxyl groups is 2. The Morgan fingerprint density at radius 1 is 1.47 bits per heavy atom. The van der Waals surface area contributed by atoms with Crippen molar-refractivity contribution in [2.75, 3.05) is 5.75 Å². The number of carbonyl (C=O) groups is 1. The highest BCUT2D eigenvalue weighted by Gasteiger charge is 2.27. The number of para-hydroxylation sites is 1. The van der Waals surface area contributed by atoms with E-state index in [0.717, 1.165) is 11.8 Å². The number of rotatable bonds is 5. The van der Waals surface area contributed by atoms with Crippen molar-refractivity contribution in [1.82, 2.24) is 0 Å². The second-order valence-corrected chi connectivity index (χ2v) is 5.28. The van der Waals surface area contributed by atoms with E-state index in [2.05, 4.69) is 0 Å². The van der Waals surface area contributed by atoms with Gasteiger partial charge in [-0.15, -0.1) is 0 Å². The van der Waals surface area contributed by atoms with Crippen molar-refractivity contribution in [2.24, 2.45) is 0 Å². The average molecular weight is 285 g/mol. The normalized spacial score (nSPS) is 13.9. The molecule has 2 N–H and O–H groups in total. The molecule has 7 heteroatoms. The zero-order valence-electron chi connectivity index (χ0n) is 10.6. The zero-order chi connectivity index (χ0) is 14.6. The maximum atomic E-state index is 11.0. The van der Waals surface area contributed by atoms with E-state index in [-0.39, 0.29) is 22.1 Å². The van der Waals surface area contributed by atoms with Crippen LogP contribution in [0.2, 0.25) is 0 Å². The molecule has 0 aromatic heterocycles. The largest absolute Gasteiger partial charge is 0.389 e. The molecular formula is C12H15NO5S. The summed E-state index contributed by atoms with van der Waals surface area (Å²) < 4.78 is 0. The minimum Gasteiger partial charge on any atom is -0.389 e. The molecular weight excluding hydrogens is 270 g/mol. The topological polar surface area (TPSA) is 101 Å². The van der Waals surface area contributed by atoms with Crippen LogP contribution >= 0.6 is 11.8 Å². The minimum absolute atomic E-state index is 0.0123. The molecule has 19 heavy (non-hydrogen) atoms. The Labute approximate surface area is 114 Å². The van der Waals surface area contributed by atoms with Crippen LogP contribution in [0, 0.1) is 17.0 Å². The van der Waals surface area contributed by atoms with Gasteiger partial charge in [0.05, 0.1) is 16.6 Å². The number of nitro groups is 1. The van der Waals surface area contributed by atoms with E-state index >= 15 is 0 Å². The molecule has 1 rings (SSSR count). The highest BCUT2D eigenvalue weighted by Crippen LogP contribution is 2.31. The van der Waals surface area contributed by atoms with Gasteiger partial charge in [0.25, 0.3) is 5.69 Å². The number of nitro benzene ring substituents is 1. The number of nitrogens with zero attached hydrogens (tertiary/aromatic N) is 1. The first-order chi connectivity index (χ1) is 8.84. The number of aliphatic hydroxyl groups excluding tert-OH is 2. The van der Waals surface area contributed by atoms with Gasteiger partial charge >= 0.3 is 0 Å². The third-order valence-corrected chi connectivity index (χ3v) is 3.51. The first-order valence-electron chi connectivity index (χ1n) is 5.58. The van der Waals surface area contributed by atoms with Gasteiger partial charge in [-0.1, -0.05) is 23.9 Å². The van der Waals surface area contributed by atoms with E-state index < -0.39 is 17.1 Å². The maximum absolute atomic E-state index is 11.0. The van der Waals surface area contributed by atoms with Crippen LogP contribution < -0.4 is 0 Å². The van der Waals surface area contributed by atoms with Crippen molar-refractivity contribution >= 4 is 22.6 Å². The number of hydrogen-bond donors (Lipinski definition) is 2. The molecule has 0 aliphatic carbocycles. The molecule has 1 aromatic carbocycles. The van der Waals surface area contributed by atoms with Crippen molar-refractivity contribution in [2.45, 2.75) is 26.1 Å². The Morgan fingerprint density at radius 2 is 2.11 bits per heavy atom. The third kappa shape index (κ3) is 4.02. The van der Waals surface area contributed by atoms with Gasteiger partial charge in [-0.2, -0.15) is 0 Å². The summed E-state index contributed by atoms with van der Waals surface area (Å²) in [7, 11) is 0. The van der Waals surface area contributed by atoms with Gasteiger partial charge in [-0.25, -0.2) is 0 Å². The number of aryl methyl sites for hydroxylation is 1. The Bertz CT molecular complexity index is 491. The minimum atomic E-state index is -1.40. The fourth-order valence-corrected chi connectivity index (χ4v) is 2.26. The average Bonchev–Trinajstić information content (AvgIpc) is 2.34. The molecule has 0 aliphatic rings. The Balaban J connectivity index is 2.99. The first-order valence-corrected chi connectivity index (χ1v) is 6.56. The van der Waals surface area contributed by atoms with E-state index in [1.54, 1.807) is 19.1 Å². The second kappa shape index (κ2) is 6.65. The van der Waals surface area contributed by atoms with Crippen LogP contribution in [0.5, 0.6) is 0 Å². The molecule has 2 atom stereocenters. The van der Waals surface area contributed by atoms with Crippen LogP contribution in [0.1, 0.15) is 24.2 Å². The van der Waals surface area contributed by atoms with Crippen LogP contribution in [0.3, 0.4) is 0 Å². The lowest BCUT2D eigenvalue weighted by Gasteiger charge is -2.17. The fourth-order valence-electron chi connectivity index (χ4n) is 1.67. The molecule has 0 fully saturated rings. The van der Waals surface area contributed by atoms with Crippen LogP contribution in [-0.2, 0) is 4.79 Å². The Hall–Kier alpha value is -1.44. The molecule has 0 bridgehead atoms. The summed E-state index contributed by atoms with van der Waals surface area (Å²) in [6.07, 6.45) is -2.64. The number of carbonyl (C=O) groups excluding carboxylic acids is 1. The molecule has 0 heterocycles. The Kier molecular flexibility index (Phi) is 5.46. The van der Waals surface area contributed by atoms with Gasteiger partial charge in [0.1, 0.15) is 6.10 Å². The summed E-state index contributed by atoms with van der Waals surface area (Å²) in [6.45, 7) is 2.91. The summed E-state index contributed by atoms with van der Waals surface area (Å²) in [5.74, 6) is -0.0123. The van der Waals surface area contributed by atoms with Crippen molar-refractivity contribution in [1.29, 1.82) is 0 Å². The molecule has 0 aliphatic heterocycles. The highest BCUT2D eigenvalue weighted by atomic mass is 32.2. The Morgan fingerprint density at radius 3 is 2.63 bits per heavy atom. The van der Waals surface area contributed by atoms with Crippen molar-refractivity contribution in [3.63, 3.8) is 0 Å². The van der Waals surface area contributed by atoms with Crippen LogP contribution in [0.25, 0.3) is 0 Å². The predicted octanol–water partition coefficient (Wildman–Crippen LogP) is 1.58. The molecule has 0 spiro atoms. The van der Waals surface area contributed by atoms with Gasteiger partial charge in [-0.05, 0) is 13.0 Å². The fraction of sp³-hybridized carbons (Fsp3) is 0.417. The second-order valence-electron chi connectivity index (χ2n) is 4.08. The van der Waals surface area contributed by atoms with Crippen molar-refractivity contribution in [3.05, 3.63) is 39.4 Å². The summed E-state index contributed by atoms with van der Waals surface area (Å²) in [6, 6.07) is 4.54. The van der Waals surface area contributed by atoms with Crippen molar-refractivity contribution < 1.29 is 19.9 Å². The quantitative estimate of drug-likeness (QED) is 0.629. The van der Waals surface area contributed by atoms with Gasteiger partial charge < -0.3 is 10.2 Å². The van der Waals surface area contributed by atoms with Gasteiger partial charge in [-0.3, -0.25) is 14.9 Å². The molecule has 0 saturated carbocycles. The SMILES string of the molecule is CC(=O)SCC(O)C(O)c1cccc(C)c1[N+](=O)[O-]. The van der Waals surface area contributed by atoms with Gasteiger partial charge in [0.15, 0.2) is 5.12 Å².